The van der Waals surface area contributed by atoms with Crippen LogP contribution >= 0.6 is 0 Å². The molecule has 0 aliphatic carbocycles. The fourth-order valence-corrected chi connectivity index (χ4v) is 5.99. The van der Waals surface area contributed by atoms with Gasteiger partial charge in [0, 0.05) is 13.1 Å². The van der Waals surface area contributed by atoms with Crippen molar-refractivity contribution in [3.05, 3.63) is 35.4 Å². The summed E-state index contributed by atoms with van der Waals surface area (Å²) >= 11 is 0. The lowest BCUT2D eigenvalue weighted by Gasteiger charge is -2.17. The third-order valence-electron chi connectivity index (χ3n) is 9.25. The van der Waals surface area contributed by atoms with Crippen LogP contribution in [0.4, 0.5) is 9.59 Å². The fraction of sp³-hybridized carbons (Fsp3) is 0.667. The zero-order valence-electron chi connectivity index (χ0n) is 33.7. The first-order chi connectivity index (χ1) is 26.3. The molecule has 0 bridgehead atoms. The van der Waals surface area contributed by atoms with Crippen molar-refractivity contribution in [2.75, 3.05) is 26.3 Å². The SMILES string of the molecule is CCCCCCCCOc1cc2cc(OCCCCCCCC)c(C(=O)NNC(=O)NCCCCCC)cc2cc1C(=O)NNC(=O)NCCCCCC. The number of urea groups is 2. The van der Waals surface area contributed by atoms with Crippen molar-refractivity contribution in [2.45, 2.75) is 156 Å². The summed E-state index contributed by atoms with van der Waals surface area (Å²) in [6.45, 7) is 10.5. The van der Waals surface area contributed by atoms with Gasteiger partial charge in [-0.2, -0.15) is 0 Å². The van der Waals surface area contributed by atoms with Gasteiger partial charge in [0.2, 0.25) is 0 Å². The zero-order chi connectivity index (χ0) is 39.2. The van der Waals surface area contributed by atoms with E-state index in [0.717, 1.165) is 95.3 Å². The van der Waals surface area contributed by atoms with E-state index >= 15 is 0 Å². The van der Waals surface area contributed by atoms with Crippen molar-refractivity contribution < 1.29 is 28.7 Å². The van der Waals surface area contributed by atoms with Crippen LogP contribution in [0.3, 0.4) is 0 Å². The normalized spacial score (nSPS) is 10.8. The van der Waals surface area contributed by atoms with Crippen LogP contribution in [0.15, 0.2) is 24.3 Å². The quantitative estimate of drug-likeness (QED) is 0.0375. The Morgan fingerprint density at radius 2 is 0.759 bits per heavy atom. The predicted molar refractivity (Wildman–Crippen MR) is 218 cm³/mol. The van der Waals surface area contributed by atoms with Crippen LogP contribution in [-0.2, 0) is 0 Å². The largest absolute Gasteiger partial charge is 0.493 e. The molecule has 0 spiro atoms. The summed E-state index contributed by atoms with van der Waals surface area (Å²) in [4.78, 5) is 51.9. The fourth-order valence-electron chi connectivity index (χ4n) is 5.99. The lowest BCUT2D eigenvalue weighted by atomic mass is 10.0. The number of fused-ring (bicyclic) bond motifs is 1. The number of unbranched alkanes of at least 4 members (excludes halogenated alkanes) is 16. The van der Waals surface area contributed by atoms with Gasteiger partial charge >= 0.3 is 12.1 Å². The molecule has 0 fully saturated rings. The monoisotopic (exact) mass is 755 g/mol. The van der Waals surface area contributed by atoms with E-state index in [2.05, 4.69) is 60.0 Å². The maximum absolute atomic E-state index is 13.5. The number of ether oxygens (including phenoxy) is 2. The van der Waals surface area contributed by atoms with E-state index in [-0.39, 0.29) is 11.1 Å². The minimum Gasteiger partial charge on any atom is -0.493 e. The molecule has 2 aromatic rings. The second-order valence-corrected chi connectivity index (χ2v) is 14.1. The van der Waals surface area contributed by atoms with Gasteiger partial charge in [-0.1, -0.05) is 130 Å². The molecule has 2 rings (SSSR count). The van der Waals surface area contributed by atoms with Crippen LogP contribution in [0, 0.1) is 0 Å². The Bertz CT molecular complexity index is 1290. The smallest absolute Gasteiger partial charge is 0.333 e. The van der Waals surface area contributed by atoms with E-state index in [1.54, 1.807) is 24.3 Å². The summed E-state index contributed by atoms with van der Waals surface area (Å²) in [7, 11) is 0. The highest BCUT2D eigenvalue weighted by atomic mass is 16.5. The van der Waals surface area contributed by atoms with Gasteiger partial charge in [0.15, 0.2) is 0 Å². The minimum atomic E-state index is -0.553. The Labute approximate surface area is 324 Å². The second-order valence-electron chi connectivity index (χ2n) is 14.1. The summed E-state index contributed by atoms with van der Waals surface area (Å²) in [5.74, 6) is -0.372. The molecule has 12 heteroatoms. The highest BCUT2D eigenvalue weighted by molar-refractivity contribution is 6.06. The van der Waals surface area contributed by atoms with E-state index in [9.17, 15) is 19.2 Å². The van der Waals surface area contributed by atoms with Crippen LogP contribution < -0.4 is 41.8 Å². The van der Waals surface area contributed by atoms with Gasteiger partial charge in [-0.15, -0.1) is 0 Å². The lowest BCUT2D eigenvalue weighted by Crippen LogP contribution is -2.47. The van der Waals surface area contributed by atoms with Crippen molar-refractivity contribution in [1.82, 2.24) is 32.3 Å². The summed E-state index contributed by atoms with van der Waals surface area (Å²) in [6, 6.07) is 5.85. The first-order valence-electron chi connectivity index (χ1n) is 20.9. The summed E-state index contributed by atoms with van der Waals surface area (Å²) in [6.07, 6.45) is 21.3. The number of amides is 6. The molecule has 0 aliphatic heterocycles. The van der Waals surface area contributed by atoms with Crippen molar-refractivity contribution in [1.29, 1.82) is 0 Å². The molecule has 0 saturated heterocycles. The highest BCUT2D eigenvalue weighted by Gasteiger charge is 2.20. The predicted octanol–water partition coefficient (Wildman–Crippen LogP) is 9.37. The third kappa shape index (κ3) is 19.2. The standard InChI is InChI=1S/C42H70N6O6/c1-5-9-13-17-19-23-27-53-37-31-34-32-38(54-28-24-20-18-14-10-6-2)36(40(50)46-48-42(52)44-26-22-16-12-8-4)30-33(34)29-35(37)39(49)45-47-41(51)43-25-21-15-11-7-3/h29-32H,5-28H2,1-4H3,(H,45,49)(H,46,50)(H2,43,47,51)(H2,44,48,52). The number of carbonyl (C=O) groups is 4. The van der Waals surface area contributed by atoms with E-state index in [1.807, 2.05) is 0 Å². The van der Waals surface area contributed by atoms with Gasteiger partial charge in [-0.3, -0.25) is 20.4 Å². The van der Waals surface area contributed by atoms with Crippen molar-refractivity contribution >= 4 is 34.6 Å². The number of benzene rings is 2. The van der Waals surface area contributed by atoms with Crippen LogP contribution in [0.5, 0.6) is 11.5 Å². The first-order valence-corrected chi connectivity index (χ1v) is 20.9. The second kappa shape index (κ2) is 29.2. The molecular formula is C42H70N6O6. The van der Waals surface area contributed by atoms with Gasteiger partial charge in [-0.05, 0) is 60.7 Å². The molecular weight excluding hydrogens is 684 g/mol. The topological polar surface area (TPSA) is 159 Å². The van der Waals surface area contributed by atoms with Gasteiger partial charge < -0.3 is 20.1 Å². The van der Waals surface area contributed by atoms with Crippen molar-refractivity contribution in [3.8, 4) is 11.5 Å². The van der Waals surface area contributed by atoms with Crippen LogP contribution in [0.1, 0.15) is 177 Å². The van der Waals surface area contributed by atoms with E-state index < -0.39 is 23.9 Å². The van der Waals surface area contributed by atoms with Crippen molar-refractivity contribution in [2.24, 2.45) is 0 Å². The Morgan fingerprint density at radius 3 is 1.15 bits per heavy atom. The van der Waals surface area contributed by atoms with E-state index in [1.165, 1.54) is 38.5 Å². The number of nitrogens with one attached hydrogen (secondary N) is 6. The molecule has 2 aromatic carbocycles. The molecule has 12 nitrogen and oxygen atoms in total. The summed E-state index contributed by atoms with van der Waals surface area (Å²) < 4.78 is 12.4. The average Bonchev–Trinajstić information content (AvgIpc) is 3.17. The average molecular weight is 755 g/mol. The lowest BCUT2D eigenvalue weighted by molar-refractivity contribution is 0.0925. The molecule has 0 heterocycles. The molecule has 304 valence electrons. The first kappa shape index (κ1) is 45.9. The van der Waals surface area contributed by atoms with E-state index in [0.29, 0.717) is 43.2 Å². The third-order valence-corrected chi connectivity index (χ3v) is 9.25. The molecule has 6 N–H and O–H groups in total. The minimum absolute atomic E-state index is 0.212. The number of carbonyl (C=O) groups excluding carboxylic acids is 4. The molecule has 0 radical (unpaired) electrons. The Kier molecular flexibility index (Phi) is 24.8. The van der Waals surface area contributed by atoms with Crippen molar-refractivity contribution in [3.63, 3.8) is 0 Å². The van der Waals surface area contributed by atoms with Gasteiger partial charge in [0.1, 0.15) is 11.5 Å². The Morgan fingerprint density at radius 1 is 0.426 bits per heavy atom. The van der Waals surface area contributed by atoms with E-state index in [4.69, 9.17) is 9.47 Å². The van der Waals surface area contributed by atoms with Crippen LogP contribution in [0.2, 0.25) is 0 Å². The summed E-state index contributed by atoms with van der Waals surface area (Å²) in [5.41, 5.74) is 10.3. The maximum atomic E-state index is 13.5. The molecule has 6 amide bonds. The van der Waals surface area contributed by atoms with Crippen LogP contribution in [-0.4, -0.2) is 50.2 Å². The highest BCUT2D eigenvalue weighted by Crippen LogP contribution is 2.32. The molecule has 0 saturated carbocycles. The Hall–Kier alpha value is -4.22. The molecule has 0 aromatic heterocycles. The van der Waals surface area contributed by atoms with Gasteiger partial charge in [0.25, 0.3) is 11.8 Å². The van der Waals surface area contributed by atoms with Gasteiger partial charge in [0.05, 0.1) is 24.3 Å². The maximum Gasteiger partial charge on any atom is 0.333 e. The molecule has 0 aliphatic rings. The number of hydrogen-bond acceptors (Lipinski definition) is 6. The molecule has 0 unspecified atom stereocenters. The number of hydrazine groups is 2. The number of rotatable bonds is 28. The summed E-state index contributed by atoms with van der Waals surface area (Å²) in [5, 5.41) is 6.84. The molecule has 0 atom stereocenters. The number of hydrogen-bond donors (Lipinski definition) is 6. The van der Waals surface area contributed by atoms with Gasteiger partial charge in [-0.25, -0.2) is 20.4 Å². The van der Waals surface area contributed by atoms with Crippen LogP contribution in [0.25, 0.3) is 10.8 Å². The zero-order valence-corrected chi connectivity index (χ0v) is 33.7. The Balaban J connectivity index is 2.31. The molecule has 54 heavy (non-hydrogen) atoms.